The highest BCUT2D eigenvalue weighted by molar-refractivity contribution is 7.89. The van der Waals surface area contributed by atoms with Crippen LogP contribution in [0.25, 0.3) is 22.1 Å². The van der Waals surface area contributed by atoms with E-state index in [0.29, 0.717) is 28.0 Å². The van der Waals surface area contributed by atoms with Crippen LogP contribution in [0.15, 0.2) is 76.0 Å². The maximum absolute atomic E-state index is 13.1. The molecule has 0 spiro atoms. The van der Waals surface area contributed by atoms with Crippen LogP contribution in [0.4, 0.5) is 5.69 Å². The van der Waals surface area contributed by atoms with Gasteiger partial charge in [-0.3, -0.25) is 14.4 Å². The number of carbonyl (C=O) groups excluding carboxylic acids is 2. The third-order valence-corrected chi connectivity index (χ3v) is 8.28. The number of furan rings is 1. The highest BCUT2D eigenvalue weighted by Gasteiger charge is 2.28. The molecule has 1 atom stereocenters. The van der Waals surface area contributed by atoms with Crippen LogP contribution >= 0.6 is 0 Å². The van der Waals surface area contributed by atoms with Gasteiger partial charge in [-0.1, -0.05) is 44.2 Å². The minimum atomic E-state index is -4.03. The summed E-state index contributed by atoms with van der Waals surface area (Å²) < 4.78 is 39.2. The Balaban J connectivity index is 1.47. The van der Waals surface area contributed by atoms with E-state index < -0.39 is 33.9 Å². The summed E-state index contributed by atoms with van der Waals surface area (Å²) >= 11 is 0. The second kappa shape index (κ2) is 12.7. The second-order valence-electron chi connectivity index (χ2n) is 10.5. The molecule has 0 fully saturated rings. The molecular weight excluding hydrogens is 574 g/mol. The van der Waals surface area contributed by atoms with Crippen molar-refractivity contribution in [1.82, 2.24) is 9.62 Å². The van der Waals surface area contributed by atoms with Gasteiger partial charge < -0.3 is 24.5 Å². The molecule has 43 heavy (non-hydrogen) atoms. The molecule has 2 amide bonds. The molecule has 0 radical (unpaired) electrons. The lowest BCUT2D eigenvalue weighted by atomic mass is 10.1. The number of rotatable bonds is 11. The number of fused-ring (bicyclic) bond motifs is 1. The van der Waals surface area contributed by atoms with Crippen molar-refractivity contribution in [3.63, 3.8) is 0 Å². The maximum Gasteiger partial charge on any atom is 0.322 e. The van der Waals surface area contributed by atoms with E-state index in [-0.39, 0.29) is 23.2 Å². The maximum atomic E-state index is 13.1. The fourth-order valence-electron chi connectivity index (χ4n) is 4.34. The fourth-order valence-corrected chi connectivity index (χ4v) is 5.68. The van der Waals surface area contributed by atoms with Crippen molar-refractivity contribution >= 4 is 44.5 Å². The van der Waals surface area contributed by atoms with Gasteiger partial charge in [0.25, 0.3) is 11.8 Å². The van der Waals surface area contributed by atoms with E-state index in [2.05, 4.69) is 10.0 Å². The molecule has 0 saturated heterocycles. The quantitative estimate of drug-likeness (QED) is 0.225. The number of hydrogen-bond acceptors (Lipinski definition) is 7. The molecule has 1 unspecified atom stereocenters. The number of anilines is 1. The van der Waals surface area contributed by atoms with Gasteiger partial charge in [0, 0.05) is 25.3 Å². The van der Waals surface area contributed by atoms with Gasteiger partial charge in [-0.15, -0.1) is 0 Å². The Bertz CT molecular complexity index is 1760. The van der Waals surface area contributed by atoms with Gasteiger partial charge in [0.15, 0.2) is 12.4 Å². The summed E-state index contributed by atoms with van der Waals surface area (Å²) in [5.41, 5.74) is 3.04. The zero-order valence-electron chi connectivity index (χ0n) is 24.4. The summed E-state index contributed by atoms with van der Waals surface area (Å²) in [6.45, 7) is 4.84. The summed E-state index contributed by atoms with van der Waals surface area (Å²) in [5.74, 6) is -1.79. The number of aryl methyl sites for hydroxylation is 1. The van der Waals surface area contributed by atoms with Crippen LogP contribution in [0.3, 0.4) is 0 Å². The normalized spacial score (nSPS) is 12.2. The van der Waals surface area contributed by atoms with Crippen LogP contribution < -0.4 is 14.8 Å². The van der Waals surface area contributed by atoms with Crippen LogP contribution in [0, 0.1) is 12.8 Å². The van der Waals surface area contributed by atoms with Crippen LogP contribution in [0.1, 0.15) is 30.0 Å². The number of carboxylic acid groups (broad SMARTS) is 1. The third-order valence-electron chi connectivity index (χ3n) is 6.83. The first kappa shape index (κ1) is 31.3. The number of aliphatic carboxylic acids is 1. The van der Waals surface area contributed by atoms with Crippen molar-refractivity contribution in [2.75, 3.05) is 26.0 Å². The standard InChI is InChI=1S/C31H33N3O8S/c1-18(2)28(31(37)38)33-43(39,40)23-15-11-21(12-16-23)20-9-13-22(14-10-20)32-30(36)29-19(3)27-24(7-6-8-25(27)42-29)41-17-26(35)34(4)5/h6-16,18,28,33H,17H2,1-5H3,(H,32,36)(H,37,38). The lowest BCUT2D eigenvalue weighted by Gasteiger charge is -2.18. The third kappa shape index (κ3) is 7.04. The molecule has 4 rings (SSSR count). The SMILES string of the molecule is Cc1c(C(=O)Nc2ccc(-c3ccc(S(=O)(=O)NC(C(=O)O)C(C)C)cc3)cc2)oc2cccc(OCC(=O)N(C)C)c12. The summed E-state index contributed by atoms with van der Waals surface area (Å²) in [5, 5.41) is 12.8. The van der Waals surface area contributed by atoms with E-state index in [1.807, 2.05) is 0 Å². The Labute approximate surface area is 249 Å². The lowest BCUT2D eigenvalue weighted by molar-refractivity contribution is -0.140. The average Bonchev–Trinajstić information content (AvgIpc) is 3.31. The average molecular weight is 608 g/mol. The van der Waals surface area contributed by atoms with E-state index in [0.717, 1.165) is 11.1 Å². The highest BCUT2D eigenvalue weighted by atomic mass is 32.2. The van der Waals surface area contributed by atoms with Crippen LogP contribution in [0.2, 0.25) is 0 Å². The predicted octanol–water partition coefficient (Wildman–Crippen LogP) is 4.52. The van der Waals surface area contributed by atoms with Crippen molar-refractivity contribution in [3.8, 4) is 16.9 Å². The molecule has 12 heteroatoms. The first-order valence-electron chi connectivity index (χ1n) is 13.4. The smallest absolute Gasteiger partial charge is 0.322 e. The molecule has 0 saturated carbocycles. The summed E-state index contributed by atoms with van der Waals surface area (Å²) in [6, 6.07) is 16.9. The lowest BCUT2D eigenvalue weighted by Crippen LogP contribution is -2.44. The molecule has 0 bridgehead atoms. The molecular formula is C31H33N3O8S. The molecule has 1 aromatic heterocycles. The van der Waals surface area contributed by atoms with Gasteiger partial charge in [0.2, 0.25) is 10.0 Å². The second-order valence-corrected chi connectivity index (χ2v) is 12.2. The summed E-state index contributed by atoms with van der Waals surface area (Å²) in [4.78, 5) is 37.9. The molecule has 4 aromatic rings. The van der Waals surface area contributed by atoms with E-state index >= 15 is 0 Å². The van der Waals surface area contributed by atoms with Gasteiger partial charge in [-0.25, -0.2) is 8.42 Å². The van der Waals surface area contributed by atoms with E-state index in [9.17, 15) is 27.9 Å². The van der Waals surface area contributed by atoms with Crippen molar-refractivity contribution < 1.29 is 37.1 Å². The minimum absolute atomic E-state index is 0.0499. The fraction of sp³-hybridized carbons (Fsp3) is 0.258. The molecule has 3 aromatic carbocycles. The van der Waals surface area contributed by atoms with Gasteiger partial charge in [-0.2, -0.15) is 4.72 Å². The van der Waals surface area contributed by atoms with Crippen LogP contribution in [-0.2, 0) is 19.6 Å². The first-order chi connectivity index (χ1) is 20.3. The van der Waals surface area contributed by atoms with Crippen molar-refractivity contribution in [1.29, 1.82) is 0 Å². The zero-order valence-corrected chi connectivity index (χ0v) is 25.2. The van der Waals surface area contributed by atoms with Gasteiger partial charge in [0.05, 0.1) is 10.3 Å². The number of ether oxygens (including phenoxy) is 1. The molecule has 1 heterocycles. The van der Waals surface area contributed by atoms with Gasteiger partial charge >= 0.3 is 5.97 Å². The number of hydrogen-bond donors (Lipinski definition) is 3. The zero-order chi connectivity index (χ0) is 31.5. The Kier molecular flexibility index (Phi) is 9.22. The largest absolute Gasteiger partial charge is 0.483 e. The monoisotopic (exact) mass is 607 g/mol. The number of nitrogens with one attached hydrogen (secondary N) is 2. The van der Waals surface area contributed by atoms with Crippen LogP contribution in [0.5, 0.6) is 5.75 Å². The molecule has 226 valence electrons. The molecule has 11 nitrogen and oxygen atoms in total. The Morgan fingerprint density at radius 3 is 2.12 bits per heavy atom. The highest BCUT2D eigenvalue weighted by Crippen LogP contribution is 2.34. The number of nitrogens with zero attached hydrogens (tertiary/aromatic N) is 1. The first-order valence-corrected chi connectivity index (χ1v) is 14.9. The van der Waals surface area contributed by atoms with Crippen molar-refractivity contribution in [2.45, 2.75) is 31.7 Å². The van der Waals surface area contributed by atoms with Gasteiger partial charge in [-0.05, 0) is 60.4 Å². The summed E-state index contributed by atoms with van der Waals surface area (Å²) in [7, 11) is -0.757. The number of amides is 2. The Hall–Kier alpha value is -4.68. The predicted molar refractivity (Wildman–Crippen MR) is 162 cm³/mol. The van der Waals surface area contributed by atoms with Crippen molar-refractivity contribution in [3.05, 3.63) is 78.1 Å². The van der Waals surface area contributed by atoms with Gasteiger partial charge in [0.1, 0.15) is 17.4 Å². The number of carbonyl (C=O) groups is 3. The van der Waals surface area contributed by atoms with E-state index in [1.165, 1.54) is 17.0 Å². The molecule has 0 aliphatic heterocycles. The number of benzene rings is 3. The summed E-state index contributed by atoms with van der Waals surface area (Å²) in [6.07, 6.45) is 0. The molecule has 3 N–H and O–H groups in total. The van der Waals surface area contributed by atoms with Crippen LogP contribution in [-0.4, -0.2) is 63.0 Å². The Morgan fingerprint density at radius 1 is 0.953 bits per heavy atom. The number of sulfonamides is 1. The minimum Gasteiger partial charge on any atom is -0.483 e. The Morgan fingerprint density at radius 2 is 1.56 bits per heavy atom. The molecule has 0 aliphatic rings. The van der Waals surface area contributed by atoms with E-state index in [4.69, 9.17) is 9.15 Å². The number of likely N-dealkylation sites (N-methyl/N-ethyl adjacent to an activating group) is 1. The van der Waals surface area contributed by atoms with E-state index in [1.54, 1.807) is 89.5 Å². The number of carboxylic acids is 1. The topological polar surface area (TPSA) is 155 Å². The molecule has 0 aliphatic carbocycles. The van der Waals surface area contributed by atoms with Crippen molar-refractivity contribution in [2.24, 2.45) is 5.92 Å².